The molecule has 2 aromatic rings. The molecule has 0 atom stereocenters. The lowest BCUT2D eigenvalue weighted by molar-refractivity contribution is -0.137. The van der Waals surface area contributed by atoms with Gasteiger partial charge in [-0.1, -0.05) is 6.07 Å². The van der Waals surface area contributed by atoms with E-state index in [0.717, 1.165) is 30.8 Å². The first-order chi connectivity index (χ1) is 11.7. The molecule has 8 heteroatoms. The van der Waals surface area contributed by atoms with Gasteiger partial charge in [-0.3, -0.25) is 0 Å². The highest BCUT2D eigenvalue weighted by molar-refractivity contribution is 5.58. The Hall–Kier alpha value is -2.35. The lowest BCUT2D eigenvalue weighted by Crippen LogP contribution is -2.17. The van der Waals surface area contributed by atoms with Crippen LogP contribution in [0.25, 0.3) is 0 Å². The van der Waals surface area contributed by atoms with E-state index in [2.05, 4.69) is 25.5 Å². The van der Waals surface area contributed by atoms with Gasteiger partial charge in [0.15, 0.2) is 0 Å². The van der Waals surface area contributed by atoms with Crippen LogP contribution in [0.4, 0.5) is 30.6 Å². The Morgan fingerprint density at radius 3 is 2.56 bits per heavy atom. The number of aromatic nitrogens is 2. The van der Waals surface area contributed by atoms with Crippen molar-refractivity contribution >= 4 is 17.5 Å². The highest BCUT2D eigenvalue weighted by atomic mass is 19.4. The van der Waals surface area contributed by atoms with Crippen molar-refractivity contribution in [2.24, 2.45) is 0 Å². The summed E-state index contributed by atoms with van der Waals surface area (Å²) in [5.74, 6) is 0.898. The van der Waals surface area contributed by atoms with Gasteiger partial charge in [0.25, 0.3) is 0 Å². The molecular weight excluding hydrogens is 331 g/mol. The zero-order valence-electron chi connectivity index (χ0n) is 14.5. The van der Waals surface area contributed by atoms with Gasteiger partial charge in [-0.25, -0.2) is 4.98 Å². The van der Waals surface area contributed by atoms with Crippen molar-refractivity contribution in [1.29, 1.82) is 0 Å². The molecule has 0 saturated heterocycles. The van der Waals surface area contributed by atoms with E-state index in [1.807, 2.05) is 21.0 Å². The zero-order chi connectivity index (χ0) is 18.4. The van der Waals surface area contributed by atoms with E-state index in [0.29, 0.717) is 24.0 Å². The third-order valence-corrected chi connectivity index (χ3v) is 3.38. The predicted molar refractivity (Wildman–Crippen MR) is 93.2 cm³/mol. The van der Waals surface area contributed by atoms with E-state index in [1.54, 1.807) is 12.1 Å². The molecule has 1 aromatic heterocycles. The predicted octanol–water partition coefficient (Wildman–Crippen LogP) is 3.91. The van der Waals surface area contributed by atoms with Crippen LogP contribution in [-0.2, 0) is 6.18 Å². The van der Waals surface area contributed by atoms with Crippen LogP contribution in [0.3, 0.4) is 0 Å². The normalized spacial score (nSPS) is 11.6. The summed E-state index contributed by atoms with van der Waals surface area (Å²) in [4.78, 5) is 10.7. The van der Waals surface area contributed by atoms with Gasteiger partial charge in [0.2, 0.25) is 5.95 Å². The van der Waals surface area contributed by atoms with E-state index in [1.165, 1.54) is 6.07 Å². The lowest BCUT2D eigenvalue weighted by Gasteiger charge is -2.13. The summed E-state index contributed by atoms with van der Waals surface area (Å²) in [6.45, 7) is 3.46. The van der Waals surface area contributed by atoms with Crippen molar-refractivity contribution in [2.45, 2.75) is 19.5 Å². The van der Waals surface area contributed by atoms with Crippen molar-refractivity contribution in [2.75, 3.05) is 37.8 Å². The van der Waals surface area contributed by atoms with Gasteiger partial charge in [0, 0.05) is 24.0 Å². The van der Waals surface area contributed by atoms with E-state index >= 15 is 0 Å². The van der Waals surface area contributed by atoms with E-state index in [4.69, 9.17) is 0 Å². The number of anilines is 3. The summed E-state index contributed by atoms with van der Waals surface area (Å²) in [5.41, 5.74) is 0.344. The molecule has 0 bridgehead atoms. The molecule has 0 amide bonds. The number of halogens is 3. The summed E-state index contributed by atoms with van der Waals surface area (Å²) in [6, 6.07) is 6.71. The quantitative estimate of drug-likeness (QED) is 0.739. The Kier molecular flexibility index (Phi) is 6.19. The first-order valence-corrected chi connectivity index (χ1v) is 7.92. The Bertz CT molecular complexity index is 701. The van der Waals surface area contributed by atoms with Gasteiger partial charge in [0.1, 0.15) is 5.82 Å². The molecule has 25 heavy (non-hydrogen) atoms. The monoisotopic (exact) mass is 353 g/mol. The number of aryl methyl sites for hydroxylation is 1. The number of hydrogen-bond donors (Lipinski definition) is 2. The van der Waals surface area contributed by atoms with Gasteiger partial charge in [-0.05, 0) is 52.2 Å². The van der Waals surface area contributed by atoms with Crippen molar-refractivity contribution in [3.05, 3.63) is 41.6 Å². The van der Waals surface area contributed by atoms with Crippen molar-refractivity contribution in [1.82, 2.24) is 14.9 Å². The van der Waals surface area contributed by atoms with Crippen molar-refractivity contribution in [3.8, 4) is 0 Å². The molecule has 0 saturated carbocycles. The average Bonchev–Trinajstić information content (AvgIpc) is 2.50. The van der Waals surface area contributed by atoms with Crippen molar-refractivity contribution < 1.29 is 13.2 Å². The third kappa shape index (κ3) is 6.22. The second kappa shape index (κ2) is 8.15. The van der Waals surface area contributed by atoms with Crippen LogP contribution in [0.5, 0.6) is 0 Å². The van der Waals surface area contributed by atoms with E-state index in [-0.39, 0.29) is 0 Å². The maximum absolute atomic E-state index is 12.8. The van der Waals surface area contributed by atoms with Gasteiger partial charge in [-0.2, -0.15) is 18.2 Å². The SMILES string of the molecule is Cc1cc(Nc2cccc(C(F)(F)F)c2)nc(NCCCN(C)C)n1. The molecule has 1 heterocycles. The van der Waals surface area contributed by atoms with Crippen LogP contribution < -0.4 is 10.6 Å². The minimum Gasteiger partial charge on any atom is -0.354 e. The van der Waals surface area contributed by atoms with Gasteiger partial charge < -0.3 is 15.5 Å². The third-order valence-electron chi connectivity index (χ3n) is 3.38. The van der Waals surface area contributed by atoms with E-state index in [9.17, 15) is 13.2 Å². The molecule has 0 aliphatic carbocycles. The minimum atomic E-state index is -4.38. The summed E-state index contributed by atoms with van der Waals surface area (Å²) >= 11 is 0. The Balaban J connectivity index is 2.07. The first-order valence-electron chi connectivity index (χ1n) is 7.92. The summed E-state index contributed by atoms with van der Waals surface area (Å²) < 4.78 is 38.4. The second-order valence-corrected chi connectivity index (χ2v) is 6.01. The zero-order valence-corrected chi connectivity index (χ0v) is 14.5. The molecular formula is C17H22F3N5. The minimum absolute atomic E-state index is 0.325. The molecule has 2 rings (SSSR count). The summed E-state index contributed by atoms with van der Waals surface area (Å²) in [6.07, 6.45) is -3.45. The molecule has 5 nitrogen and oxygen atoms in total. The molecule has 2 N–H and O–H groups in total. The number of hydrogen-bond acceptors (Lipinski definition) is 5. The van der Waals surface area contributed by atoms with Crippen LogP contribution in [-0.4, -0.2) is 42.1 Å². The average molecular weight is 353 g/mol. The maximum atomic E-state index is 12.8. The summed E-state index contributed by atoms with van der Waals surface area (Å²) in [7, 11) is 4.00. The highest BCUT2D eigenvalue weighted by Gasteiger charge is 2.30. The molecule has 0 aliphatic heterocycles. The number of benzene rings is 1. The standard InChI is InChI=1S/C17H22F3N5/c1-12-10-15(24-16(22-12)21-8-5-9-25(2)3)23-14-7-4-6-13(11-14)17(18,19)20/h4,6-7,10-11H,5,8-9H2,1-3H3,(H2,21,22,23,24). The Morgan fingerprint density at radius 2 is 1.88 bits per heavy atom. The highest BCUT2D eigenvalue weighted by Crippen LogP contribution is 2.31. The smallest absolute Gasteiger partial charge is 0.354 e. The Morgan fingerprint density at radius 1 is 1.12 bits per heavy atom. The van der Waals surface area contributed by atoms with Gasteiger partial charge in [0.05, 0.1) is 5.56 Å². The number of nitrogens with zero attached hydrogens (tertiary/aromatic N) is 3. The molecule has 0 spiro atoms. The van der Waals surface area contributed by atoms with Crippen LogP contribution in [0.2, 0.25) is 0 Å². The van der Waals surface area contributed by atoms with Crippen LogP contribution in [0.1, 0.15) is 17.7 Å². The molecule has 136 valence electrons. The van der Waals surface area contributed by atoms with Crippen molar-refractivity contribution in [3.63, 3.8) is 0 Å². The van der Waals surface area contributed by atoms with Crippen LogP contribution in [0.15, 0.2) is 30.3 Å². The fourth-order valence-electron chi connectivity index (χ4n) is 2.23. The molecule has 0 aliphatic rings. The lowest BCUT2D eigenvalue weighted by atomic mass is 10.2. The molecule has 0 unspecified atom stereocenters. The second-order valence-electron chi connectivity index (χ2n) is 6.01. The first kappa shape index (κ1) is 19.0. The topological polar surface area (TPSA) is 53.1 Å². The molecule has 0 radical (unpaired) electrons. The molecule has 0 fully saturated rings. The fraction of sp³-hybridized carbons (Fsp3) is 0.412. The largest absolute Gasteiger partial charge is 0.416 e. The van der Waals surface area contributed by atoms with Gasteiger partial charge in [-0.15, -0.1) is 0 Å². The fourth-order valence-corrected chi connectivity index (χ4v) is 2.23. The Labute approximate surface area is 145 Å². The number of alkyl halides is 3. The van der Waals surface area contributed by atoms with Gasteiger partial charge >= 0.3 is 6.18 Å². The number of rotatable bonds is 7. The van der Waals surface area contributed by atoms with Crippen LogP contribution in [0, 0.1) is 6.92 Å². The summed E-state index contributed by atoms with van der Waals surface area (Å²) in [5, 5.41) is 6.04. The molecule has 1 aromatic carbocycles. The number of nitrogens with one attached hydrogen (secondary N) is 2. The van der Waals surface area contributed by atoms with E-state index < -0.39 is 11.7 Å². The maximum Gasteiger partial charge on any atom is 0.416 e. The van der Waals surface area contributed by atoms with Crippen LogP contribution >= 0.6 is 0 Å².